The monoisotopic (exact) mass is 368 g/mol. The zero-order valence-corrected chi connectivity index (χ0v) is 15.5. The van der Waals surface area contributed by atoms with Gasteiger partial charge in [0, 0.05) is 18.7 Å². The van der Waals surface area contributed by atoms with Crippen LogP contribution in [0.1, 0.15) is 35.3 Å². The molecule has 2 heterocycles. The molecule has 2 atom stereocenters. The van der Waals surface area contributed by atoms with E-state index in [1.807, 2.05) is 18.7 Å². The SMILES string of the molecule is COc1ccc(C#Cc2cc(C=O)c(N3C[C@@H](C)O[C@@H](C)C3)nc2F)cc1. The lowest BCUT2D eigenvalue weighted by Gasteiger charge is -2.36. The number of halogens is 1. The van der Waals surface area contributed by atoms with Gasteiger partial charge in [0.1, 0.15) is 11.6 Å². The first-order valence-corrected chi connectivity index (χ1v) is 8.72. The summed E-state index contributed by atoms with van der Waals surface area (Å²) in [5.74, 6) is 6.00. The molecule has 1 aromatic heterocycles. The molecule has 0 spiro atoms. The van der Waals surface area contributed by atoms with E-state index in [9.17, 15) is 9.18 Å². The van der Waals surface area contributed by atoms with E-state index in [0.717, 1.165) is 5.75 Å². The summed E-state index contributed by atoms with van der Waals surface area (Å²) in [5.41, 5.74) is 1.12. The lowest BCUT2D eigenvalue weighted by Crippen LogP contribution is -2.46. The third-order valence-electron chi connectivity index (χ3n) is 4.26. The maximum Gasteiger partial charge on any atom is 0.230 e. The second-order valence-corrected chi connectivity index (χ2v) is 6.50. The Labute approximate surface area is 158 Å². The van der Waals surface area contributed by atoms with Crippen LogP contribution in [-0.4, -0.2) is 43.7 Å². The number of aromatic nitrogens is 1. The number of hydrogen-bond acceptors (Lipinski definition) is 5. The average Bonchev–Trinajstić information content (AvgIpc) is 2.66. The number of rotatable bonds is 3. The quantitative estimate of drug-likeness (QED) is 0.474. The fraction of sp³-hybridized carbons (Fsp3) is 0.333. The van der Waals surface area contributed by atoms with Crippen molar-refractivity contribution in [3.05, 3.63) is 53.0 Å². The van der Waals surface area contributed by atoms with E-state index < -0.39 is 5.95 Å². The zero-order chi connectivity index (χ0) is 19.4. The van der Waals surface area contributed by atoms with Crippen LogP contribution in [0.2, 0.25) is 0 Å². The molecule has 27 heavy (non-hydrogen) atoms. The van der Waals surface area contributed by atoms with Crippen LogP contribution in [0, 0.1) is 17.8 Å². The normalized spacial score (nSPS) is 19.2. The molecule has 0 radical (unpaired) electrons. The summed E-state index contributed by atoms with van der Waals surface area (Å²) < 4.78 is 25.3. The Hall–Kier alpha value is -2.91. The third-order valence-corrected chi connectivity index (χ3v) is 4.26. The molecular weight excluding hydrogens is 347 g/mol. The molecule has 1 aliphatic heterocycles. The van der Waals surface area contributed by atoms with Crippen LogP contribution in [-0.2, 0) is 4.74 Å². The highest BCUT2D eigenvalue weighted by molar-refractivity contribution is 5.83. The summed E-state index contributed by atoms with van der Waals surface area (Å²) >= 11 is 0. The van der Waals surface area contributed by atoms with Crippen molar-refractivity contribution >= 4 is 12.1 Å². The lowest BCUT2D eigenvalue weighted by molar-refractivity contribution is -0.00554. The summed E-state index contributed by atoms with van der Waals surface area (Å²) in [4.78, 5) is 17.5. The van der Waals surface area contributed by atoms with Crippen molar-refractivity contribution in [1.82, 2.24) is 4.98 Å². The molecule has 140 valence electrons. The number of methoxy groups -OCH3 is 1. The number of morpholine rings is 1. The van der Waals surface area contributed by atoms with Crippen molar-refractivity contribution in [2.24, 2.45) is 0 Å². The number of pyridine rings is 1. The highest BCUT2D eigenvalue weighted by Crippen LogP contribution is 2.23. The van der Waals surface area contributed by atoms with Crippen LogP contribution in [0.4, 0.5) is 10.2 Å². The van der Waals surface area contributed by atoms with Gasteiger partial charge in [0.25, 0.3) is 0 Å². The Balaban J connectivity index is 1.90. The van der Waals surface area contributed by atoms with Crippen molar-refractivity contribution < 1.29 is 18.7 Å². The number of hydrogen-bond donors (Lipinski definition) is 0. The van der Waals surface area contributed by atoms with Crippen molar-refractivity contribution in [2.45, 2.75) is 26.1 Å². The lowest BCUT2D eigenvalue weighted by atomic mass is 10.1. The van der Waals surface area contributed by atoms with Gasteiger partial charge in [-0.25, -0.2) is 4.98 Å². The highest BCUT2D eigenvalue weighted by Gasteiger charge is 2.26. The van der Waals surface area contributed by atoms with Crippen molar-refractivity contribution in [3.8, 4) is 17.6 Å². The second-order valence-electron chi connectivity index (χ2n) is 6.50. The summed E-state index contributed by atoms with van der Waals surface area (Å²) in [6.07, 6.45) is 0.644. The largest absolute Gasteiger partial charge is 0.497 e. The van der Waals surface area contributed by atoms with Crippen molar-refractivity contribution in [2.75, 3.05) is 25.1 Å². The van der Waals surface area contributed by atoms with Gasteiger partial charge in [-0.1, -0.05) is 11.8 Å². The van der Waals surface area contributed by atoms with Gasteiger partial charge in [0.15, 0.2) is 6.29 Å². The highest BCUT2D eigenvalue weighted by atomic mass is 19.1. The van der Waals surface area contributed by atoms with Crippen molar-refractivity contribution in [1.29, 1.82) is 0 Å². The van der Waals surface area contributed by atoms with Crippen LogP contribution in [0.15, 0.2) is 30.3 Å². The first-order valence-electron chi connectivity index (χ1n) is 8.72. The molecule has 0 saturated carbocycles. The topological polar surface area (TPSA) is 51.7 Å². The Bertz CT molecular complexity index is 877. The van der Waals surface area contributed by atoms with Gasteiger partial charge in [-0.3, -0.25) is 4.79 Å². The molecule has 1 fully saturated rings. The number of carbonyl (C=O) groups is 1. The molecule has 2 aromatic rings. The Kier molecular flexibility index (Phi) is 5.72. The van der Waals surface area contributed by atoms with Crippen LogP contribution >= 0.6 is 0 Å². The predicted molar refractivity (Wildman–Crippen MR) is 101 cm³/mol. The summed E-state index contributed by atoms with van der Waals surface area (Å²) in [6.45, 7) is 4.98. The van der Waals surface area contributed by atoms with Gasteiger partial charge >= 0.3 is 0 Å². The van der Waals surface area contributed by atoms with Gasteiger partial charge in [-0.2, -0.15) is 4.39 Å². The minimum Gasteiger partial charge on any atom is -0.497 e. The molecular formula is C21H21FN2O3. The molecule has 1 aliphatic rings. The number of nitrogens with zero attached hydrogens (tertiary/aromatic N) is 2. The minimum atomic E-state index is -0.691. The van der Waals surface area contributed by atoms with Gasteiger partial charge < -0.3 is 14.4 Å². The second kappa shape index (κ2) is 8.19. The summed E-state index contributed by atoms with van der Waals surface area (Å²) in [7, 11) is 1.58. The number of carbonyl (C=O) groups excluding carboxylic acids is 1. The van der Waals surface area contributed by atoms with E-state index in [-0.39, 0.29) is 17.8 Å². The summed E-state index contributed by atoms with van der Waals surface area (Å²) in [6, 6.07) is 8.57. The number of benzene rings is 1. The maximum absolute atomic E-state index is 14.5. The predicted octanol–water partition coefficient (Wildman–Crippen LogP) is 3.06. The maximum atomic E-state index is 14.5. The Morgan fingerprint density at radius 2 is 1.89 bits per heavy atom. The van der Waals surface area contributed by atoms with Crippen LogP contribution in [0.3, 0.4) is 0 Å². The third kappa shape index (κ3) is 4.44. The van der Waals surface area contributed by atoms with E-state index in [1.54, 1.807) is 31.4 Å². The van der Waals surface area contributed by atoms with Crippen LogP contribution in [0.25, 0.3) is 0 Å². The van der Waals surface area contributed by atoms with E-state index in [2.05, 4.69) is 16.8 Å². The van der Waals surface area contributed by atoms with E-state index in [1.165, 1.54) is 6.07 Å². The summed E-state index contributed by atoms with van der Waals surface area (Å²) in [5, 5.41) is 0. The van der Waals surface area contributed by atoms with Gasteiger partial charge in [0.05, 0.1) is 30.4 Å². The van der Waals surface area contributed by atoms with E-state index >= 15 is 0 Å². The molecule has 6 heteroatoms. The molecule has 0 bridgehead atoms. The number of anilines is 1. The molecule has 5 nitrogen and oxygen atoms in total. The standard InChI is InChI=1S/C21H21FN2O3/c1-14-11-24(12-15(2)27-14)21-18(13-25)10-17(20(22)23-21)7-4-16-5-8-19(26-3)9-6-16/h5-6,8-10,13-15H,11-12H2,1-3H3/t14-,15+. The zero-order valence-electron chi connectivity index (χ0n) is 15.5. The Morgan fingerprint density at radius 3 is 2.48 bits per heavy atom. The van der Waals surface area contributed by atoms with Gasteiger partial charge in [-0.15, -0.1) is 0 Å². The first-order chi connectivity index (χ1) is 13.0. The number of aldehydes is 1. The molecule has 1 saturated heterocycles. The van der Waals surface area contributed by atoms with Gasteiger partial charge in [0.2, 0.25) is 5.95 Å². The molecule has 0 N–H and O–H groups in total. The van der Waals surface area contributed by atoms with Crippen LogP contribution < -0.4 is 9.64 Å². The van der Waals surface area contributed by atoms with Crippen LogP contribution in [0.5, 0.6) is 5.75 Å². The molecule has 1 aromatic carbocycles. The van der Waals surface area contributed by atoms with Gasteiger partial charge in [-0.05, 0) is 44.2 Å². The minimum absolute atomic E-state index is 0.0207. The molecule has 0 amide bonds. The van der Waals surface area contributed by atoms with E-state index in [4.69, 9.17) is 9.47 Å². The smallest absolute Gasteiger partial charge is 0.230 e. The Morgan fingerprint density at radius 1 is 1.22 bits per heavy atom. The fourth-order valence-electron chi connectivity index (χ4n) is 3.09. The molecule has 0 aliphatic carbocycles. The number of ether oxygens (including phenoxy) is 2. The average molecular weight is 368 g/mol. The van der Waals surface area contributed by atoms with Crippen molar-refractivity contribution in [3.63, 3.8) is 0 Å². The first kappa shape index (κ1) is 18.9. The fourth-order valence-corrected chi connectivity index (χ4v) is 3.09. The van der Waals surface area contributed by atoms with E-state index in [0.29, 0.717) is 36.3 Å². The molecule has 0 unspecified atom stereocenters. The molecule has 3 rings (SSSR count).